The van der Waals surface area contributed by atoms with Crippen molar-refractivity contribution < 1.29 is 4.74 Å². The van der Waals surface area contributed by atoms with Gasteiger partial charge in [-0.2, -0.15) is 0 Å². The normalized spacial score (nSPS) is 23.0. The number of benzene rings is 1. The van der Waals surface area contributed by atoms with Crippen LogP contribution in [0.3, 0.4) is 0 Å². The van der Waals surface area contributed by atoms with Gasteiger partial charge in [0.2, 0.25) is 0 Å². The topological polar surface area (TPSA) is 21.3 Å². The molecule has 1 aromatic rings. The Labute approximate surface area is 129 Å². The summed E-state index contributed by atoms with van der Waals surface area (Å²) in [6.07, 6.45) is 9.67. The van der Waals surface area contributed by atoms with Crippen LogP contribution in [0.1, 0.15) is 51.0 Å². The summed E-state index contributed by atoms with van der Waals surface area (Å²) in [5, 5.41) is 3.65. The summed E-state index contributed by atoms with van der Waals surface area (Å²) in [7, 11) is 0. The summed E-state index contributed by atoms with van der Waals surface area (Å²) in [5.41, 5.74) is 1.40. The third kappa shape index (κ3) is 3.79. The van der Waals surface area contributed by atoms with E-state index in [0.29, 0.717) is 6.10 Å². The van der Waals surface area contributed by atoms with Gasteiger partial charge in [-0.3, -0.25) is 0 Å². The van der Waals surface area contributed by atoms with Gasteiger partial charge < -0.3 is 10.1 Å². The molecular formula is C19H29NO. The van der Waals surface area contributed by atoms with Gasteiger partial charge in [0, 0.05) is 6.42 Å². The van der Waals surface area contributed by atoms with Crippen LogP contribution in [-0.2, 0) is 6.42 Å². The Hall–Kier alpha value is -1.02. The van der Waals surface area contributed by atoms with E-state index in [-0.39, 0.29) is 0 Å². The van der Waals surface area contributed by atoms with Crippen molar-refractivity contribution in [1.29, 1.82) is 0 Å². The third-order valence-corrected chi connectivity index (χ3v) is 5.18. The maximum absolute atomic E-state index is 6.18. The van der Waals surface area contributed by atoms with Gasteiger partial charge in [0.05, 0.1) is 0 Å². The van der Waals surface area contributed by atoms with Gasteiger partial charge in [-0.1, -0.05) is 50.8 Å². The van der Waals surface area contributed by atoms with Crippen LogP contribution in [-0.4, -0.2) is 19.2 Å². The van der Waals surface area contributed by atoms with E-state index in [2.05, 4.69) is 36.5 Å². The minimum atomic E-state index is 0.399. The van der Waals surface area contributed by atoms with E-state index in [1.54, 1.807) is 0 Å². The zero-order valence-corrected chi connectivity index (χ0v) is 13.3. The van der Waals surface area contributed by atoms with Crippen molar-refractivity contribution in [2.75, 3.05) is 13.1 Å². The number of hydrogen-bond donors (Lipinski definition) is 1. The van der Waals surface area contributed by atoms with Gasteiger partial charge in [-0.15, -0.1) is 0 Å². The summed E-state index contributed by atoms with van der Waals surface area (Å²) < 4.78 is 6.18. The monoisotopic (exact) mass is 287 g/mol. The van der Waals surface area contributed by atoms with E-state index < -0.39 is 0 Å². The summed E-state index contributed by atoms with van der Waals surface area (Å²) >= 11 is 0. The molecule has 1 heterocycles. The van der Waals surface area contributed by atoms with Crippen LogP contribution in [0.4, 0.5) is 0 Å². The lowest BCUT2D eigenvalue weighted by atomic mass is 9.85. The number of hydrogen-bond acceptors (Lipinski definition) is 2. The molecule has 3 rings (SSSR count). The van der Waals surface area contributed by atoms with Crippen molar-refractivity contribution in [3.8, 4) is 5.75 Å². The first kappa shape index (κ1) is 14.9. The van der Waals surface area contributed by atoms with Crippen LogP contribution < -0.4 is 10.1 Å². The largest absolute Gasteiger partial charge is 0.490 e. The van der Waals surface area contributed by atoms with Gasteiger partial charge in [0.25, 0.3) is 0 Å². The first-order valence-electron chi connectivity index (χ1n) is 8.82. The maximum atomic E-state index is 6.18. The minimum absolute atomic E-state index is 0.399. The zero-order chi connectivity index (χ0) is 14.5. The van der Waals surface area contributed by atoms with Gasteiger partial charge >= 0.3 is 0 Å². The highest BCUT2D eigenvalue weighted by Gasteiger charge is 2.30. The fourth-order valence-corrected chi connectivity index (χ4v) is 4.06. The Morgan fingerprint density at radius 1 is 1.24 bits per heavy atom. The van der Waals surface area contributed by atoms with E-state index in [1.807, 2.05) is 0 Å². The second-order valence-electron chi connectivity index (χ2n) is 6.80. The molecule has 21 heavy (non-hydrogen) atoms. The van der Waals surface area contributed by atoms with Gasteiger partial charge in [0.1, 0.15) is 11.9 Å². The molecule has 0 aromatic heterocycles. The van der Waals surface area contributed by atoms with Crippen molar-refractivity contribution in [2.24, 2.45) is 11.8 Å². The van der Waals surface area contributed by atoms with Crippen LogP contribution in [0.2, 0.25) is 0 Å². The maximum Gasteiger partial charge on any atom is 0.123 e. The second-order valence-corrected chi connectivity index (χ2v) is 6.80. The van der Waals surface area contributed by atoms with Gasteiger partial charge in [-0.05, 0) is 49.4 Å². The second kappa shape index (κ2) is 7.31. The first-order valence-corrected chi connectivity index (χ1v) is 8.82. The Morgan fingerprint density at radius 3 is 2.81 bits per heavy atom. The van der Waals surface area contributed by atoms with Crippen LogP contribution in [0, 0.1) is 11.8 Å². The SMILES string of the molecule is CCCNCC(CC1Cc2ccccc2O1)C1CCCC1. The molecule has 0 spiro atoms. The summed E-state index contributed by atoms with van der Waals surface area (Å²) in [6, 6.07) is 8.55. The zero-order valence-electron chi connectivity index (χ0n) is 13.3. The minimum Gasteiger partial charge on any atom is -0.490 e. The Balaban J connectivity index is 1.57. The Bertz CT molecular complexity index is 414. The molecule has 2 unspecified atom stereocenters. The molecule has 116 valence electrons. The molecule has 0 amide bonds. The van der Waals surface area contributed by atoms with Crippen molar-refractivity contribution >= 4 is 0 Å². The predicted octanol–water partition coefficient (Wildman–Crippen LogP) is 4.19. The molecule has 1 fully saturated rings. The highest BCUT2D eigenvalue weighted by atomic mass is 16.5. The van der Waals surface area contributed by atoms with Crippen LogP contribution in [0.5, 0.6) is 5.75 Å². The fraction of sp³-hybridized carbons (Fsp3) is 0.684. The van der Waals surface area contributed by atoms with Crippen molar-refractivity contribution in [3.05, 3.63) is 29.8 Å². The quantitative estimate of drug-likeness (QED) is 0.759. The molecule has 2 atom stereocenters. The van der Waals surface area contributed by atoms with E-state index in [9.17, 15) is 0 Å². The third-order valence-electron chi connectivity index (χ3n) is 5.18. The highest BCUT2D eigenvalue weighted by molar-refractivity contribution is 5.37. The Morgan fingerprint density at radius 2 is 2.05 bits per heavy atom. The molecule has 2 heteroatoms. The first-order chi connectivity index (χ1) is 10.4. The molecule has 0 radical (unpaired) electrons. The molecule has 1 saturated carbocycles. The number of fused-ring (bicyclic) bond motifs is 1. The summed E-state index contributed by atoms with van der Waals surface area (Å²) in [5.74, 6) is 2.83. The molecule has 1 N–H and O–H groups in total. The summed E-state index contributed by atoms with van der Waals surface area (Å²) in [6.45, 7) is 4.57. The van der Waals surface area contributed by atoms with E-state index in [0.717, 1.165) is 30.6 Å². The fourth-order valence-electron chi connectivity index (χ4n) is 4.06. The molecule has 2 aliphatic rings. The molecular weight excluding hydrogens is 258 g/mol. The van der Waals surface area contributed by atoms with Crippen molar-refractivity contribution in [1.82, 2.24) is 5.32 Å². The standard InChI is InChI=1S/C19H29NO/c1-2-11-20-14-17(15-7-3-4-8-15)13-18-12-16-9-5-6-10-19(16)21-18/h5-6,9-10,15,17-18,20H,2-4,7-8,11-14H2,1H3. The number of nitrogens with one attached hydrogen (secondary N) is 1. The molecule has 1 aliphatic heterocycles. The lowest BCUT2D eigenvalue weighted by molar-refractivity contribution is 0.165. The molecule has 2 nitrogen and oxygen atoms in total. The van der Waals surface area contributed by atoms with Crippen LogP contribution in [0.15, 0.2) is 24.3 Å². The highest BCUT2D eigenvalue weighted by Crippen LogP contribution is 2.37. The van der Waals surface area contributed by atoms with E-state index in [4.69, 9.17) is 4.74 Å². The number of ether oxygens (including phenoxy) is 1. The van der Waals surface area contributed by atoms with Crippen molar-refractivity contribution in [2.45, 2.75) is 58.0 Å². The van der Waals surface area contributed by atoms with E-state index >= 15 is 0 Å². The molecule has 1 aliphatic carbocycles. The van der Waals surface area contributed by atoms with Crippen molar-refractivity contribution in [3.63, 3.8) is 0 Å². The Kier molecular flexibility index (Phi) is 5.18. The lowest BCUT2D eigenvalue weighted by Crippen LogP contribution is -2.32. The smallest absolute Gasteiger partial charge is 0.123 e. The lowest BCUT2D eigenvalue weighted by Gasteiger charge is -2.26. The van der Waals surface area contributed by atoms with Gasteiger partial charge in [0.15, 0.2) is 0 Å². The molecule has 1 aromatic carbocycles. The molecule has 0 bridgehead atoms. The van der Waals surface area contributed by atoms with E-state index in [1.165, 1.54) is 50.6 Å². The van der Waals surface area contributed by atoms with Gasteiger partial charge in [-0.25, -0.2) is 0 Å². The van der Waals surface area contributed by atoms with Crippen LogP contribution in [0.25, 0.3) is 0 Å². The summed E-state index contributed by atoms with van der Waals surface area (Å²) in [4.78, 5) is 0. The van der Waals surface area contributed by atoms with Crippen LogP contribution >= 0.6 is 0 Å². The average Bonchev–Trinajstić information content (AvgIpc) is 3.15. The number of para-hydroxylation sites is 1. The average molecular weight is 287 g/mol. The number of rotatable bonds is 7. The molecule has 0 saturated heterocycles. The predicted molar refractivity (Wildman–Crippen MR) is 87.8 cm³/mol.